The Morgan fingerprint density at radius 3 is 2.77 bits per heavy atom. The summed E-state index contributed by atoms with van der Waals surface area (Å²) in [5, 5.41) is 20.3. The largest absolute Gasteiger partial charge is 0.507 e. The summed E-state index contributed by atoms with van der Waals surface area (Å²) in [4.78, 5) is 19.5. The van der Waals surface area contributed by atoms with E-state index in [9.17, 15) is 14.9 Å². The highest BCUT2D eigenvalue weighted by Crippen LogP contribution is 2.36. The van der Waals surface area contributed by atoms with Crippen molar-refractivity contribution in [3.8, 4) is 17.4 Å². The fourth-order valence-electron chi connectivity index (χ4n) is 2.52. The van der Waals surface area contributed by atoms with Gasteiger partial charge in [0.25, 0.3) is 0 Å². The van der Waals surface area contributed by atoms with E-state index in [1.54, 1.807) is 6.92 Å². The number of rotatable bonds is 5. The van der Waals surface area contributed by atoms with Crippen LogP contribution < -0.4 is 10.2 Å². The molecule has 2 aromatic rings. The summed E-state index contributed by atoms with van der Waals surface area (Å²) >= 11 is 0. The maximum absolute atomic E-state index is 11.6. The van der Waals surface area contributed by atoms with Crippen LogP contribution in [0.4, 0.5) is 0 Å². The number of phenolic OH excluding ortho intramolecular Hbond substituents is 1. The first-order chi connectivity index (χ1) is 12.6. The van der Waals surface area contributed by atoms with Gasteiger partial charge in [-0.2, -0.15) is 0 Å². The number of phenols is 1. The Kier molecular flexibility index (Phi) is 6.93. The Hall–Kier alpha value is -2.65. The molecule has 1 aromatic heterocycles. The zero-order valence-electron chi connectivity index (χ0n) is 14.9. The monoisotopic (exact) mass is 360 g/mol. The van der Waals surface area contributed by atoms with Crippen molar-refractivity contribution < 1.29 is 29.1 Å². The first-order valence-corrected chi connectivity index (χ1v) is 8.38. The normalized spacial score (nSPS) is 14.9. The van der Waals surface area contributed by atoms with Crippen LogP contribution >= 0.6 is 0 Å². The minimum atomic E-state index is -1.27. The average Bonchev–Trinajstić information content (AvgIpc) is 2.94. The second-order valence-corrected chi connectivity index (χ2v) is 5.08. The zero-order chi connectivity index (χ0) is 19.1. The van der Waals surface area contributed by atoms with Gasteiger partial charge in [-0.15, -0.1) is 0 Å². The van der Waals surface area contributed by atoms with E-state index in [4.69, 9.17) is 14.1 Å². The van der Waals surface area contributed by atoms with Crippen LogP contribution in [0.3, 0.4) is 0 Å². The van der Waals surface area contributed by atoms with E-state index in [1.165, 1.54) is 30.7 Å². The summed E-state index contributed by atoms with van der Waals surface area (Å²) in [5.41, 5.74) is 0.685. The lowest BCUT2D eigenvalue weighted by Crippen LogP contribution is -2.28. The molecule has 0 radical (unpaired) electrons. The number of esters is 1. The highest BCUT2D eigenvalue weighted by molar-refractivity contribution is 6.62. The molecule has 1 unspecified atom stereocenters. The van der Waals surface area contributed by atoms with Crippen molar-refractivity contribution in [3.63, 3.8) is 0 Å². The number of fused-ring (bicyclic) bond motifs is 1. The molecular weight excluding hydrogens is 339 g/mol. The number of ether oxygens (including phenoxy) is 2. The first-order valence-electron chi connectivity index (χ1n) is 8.38. The van der Waals surface area contributed by atoms with Crippen molar-refractivity contribution >= 4 is 18.6 Å². The molecule has 0 aliphatic carbocycles. The molecule has 2 N–H and O–H groups in total. The third kappa shape index (κ3) is 4.50. The molecule has 0 spiro atoms. The Labute approximate surface area is 151 Å². The Balaban J connectivity index is 0.00000117. The Morgan fingerprint density at radius 2 is 2.12 bits per heavy atom. The van der Waals surface area contributed by atoms with Crippen molar-refractivity contribution in [2.24, 2.45) is 0 Å². The average molecular weight is 360 g/mol. The van der Waals surface area contributed by atoms with Crippen LogP contribution in [0.2, 0.25) is 0 Å². The third-order valence-corrected chi connectivity index (χ3v) is 3.46. The van der Waals surface area contributed by atoms with Crippen LogP contribution in [-0.4, -0.2) is 39.8 Å². The van der Waals surface area contributed by atoms with E-state index in [0.29, 0.717) is 11.0 Å². The lowest BCUT2D eigenvalue weighted by Gasteiger charge is -2.13. The van der Waals surface area contributed by atoms with Gasteiger partial charge in [0.15, 0.2) is 0 Å². The van der Waals surface area contributed by atoms with Crippen molar-refractivity contribution in [1.29, 1.82) is 0 Å². The number of aromatic hydroxyl groups is 1. The predicted octanol–water partition coefficient (Wildman–Crippen LogP) is 1.71. The molecule has 0 saturated carbocycles. The molecule has 9 heteroatoms. The summed E-state index contributed by atoms with van der Waals surface area (Å²) in [6, 6.07) is 2.90. The van der Waals surface area contributed by atoms with Gasteiger partial charge in [-0.05, 0) is 18.5 Å². The molecule has 1 aromatic carbocycles. The van der Waals surface area contributed by atoms with E-state index in [0.717, 1.165) is 0 Å². The van der Waals surface area contributed by atoms with Gasteiger partial charge in [-0.3, -0.25) is 9.78 Å². The van der Waals surface area contributed by atoms with Crippen molar-refractivity contribution in [1.82, 2.24) is 9.97 Å². The topological polar surface area (TPSA) is 111 Å². The summed E-state index contributed by atoms with van der Waals surface area (Å²) in [6.07, 6.45) is 3.51. The fraction of sp³-hybridized carbons (Fsp3) is 0.353. The number of nitrogens with zero attached hydrogens (tertiary/aromatic N) is 2. The standard InChI is InChI=1S/C15H15BN2O6.C2H6/c1-2-22-14(20)7-12-15-10(16(21)24-12)5-9(6-11(15)19)23-13-8-17-3-4-18-13;1-2/h3-6,8,12,19,21H,2,7H2,1H3;1-2H3. The summed E-state index contributed by atoms with van der Waals surface area (Å²) in [7, 11) is -1.27. The summed E-state index contributed by atoms with van der Waals surface area (Å²) < 4.78 is 15.7. The highest BCUT2D eigenvalue weighted by atomic mass is 16.5. The molecule has 0 amide bonds. The van der Waals surface area contributed by atoms with Crippen LogP contribution in [0.25, 0.3) is 0 Å². The van der Waals surface area contributed by atoms with Gasteiger partial charge >= 0.3 is 13.1 Å². The predicted molar refractivity (Wildman–Crippen MR) is 94.2 cm³/mol. The van der Waals surface area contributed by atoms with Crippen molar-refractivity contribution in [3.05, 3.63) is 36.3 Å². The highest BCUT2D eigenvalue weighted by Gasteiger charge is 2.39. The molecule has 3 rings (SSSR count). The maximum atomic E-state index is 11.6. The van der Waals surface area contributed by atoms with E-state index >= 15 is 0 Å². The van der Waals surface area contributed by atoms with Crippen LogP contribution in [0, 0.1) is 0 Å². The fourth-order valence-corrected chi connectivity index (χ4v) is 2.52. The van der Waals surface area contributed by atoms with E-state index in [1.807, 2.05) is 13.8 Å². The van der Waals surface area contributed by atoms with Gasteiger partial charge in [-0.1, -0.05) is 13.8 Å². The molecule has 1 aliphatic heterocycles. The second-order valence-electron chi connectivity index (χ2n) is 5.08. The molecule has 26 heavy (non-hydrogen) atoms. The molecular formula is C17H21BN2O6. The van der Waals surface area contributed by atoms with Crippen LogP contribution in [0.15, 0.2) is 30.7 Å². The molecule has 8 nitrogen and oxygen atoms in total. The van der Waals surface area contributed by atoms with Gasteiger partial charge in [0.05, 0.1) is 25.3 Å². The number of aromatic nitrogens is 2. The number of benzene rings is 1. The number of hydrogen-bond donors (Lipinski definition) is 2. The molecule has 2 heterocycles. The number of carbonyl (C=O) groups excluding carboxylic acids is 1. The lowest BCUT2D eigenvalue weighted by atomic mass is 9.78. The lowest BCUT2D eigenvalue weighted by molar-refractivity contribution is -0.145. The minimum absolute atomic E-state index is 0.101. The molecule has 138 valence electrons. The van der Waals surface area contributed by atoms with Gasteiger partial charge in [0.2, 0.25) is 5.88 Å². The van der Waals surface area contributed by atoms with E-state index in [2.05, 4.69) is 9.97 Å². The van der Waals surface area contributed by atoms with Gasteiger partial charge < -0.3 is 24.3 Å². The Morgan fingerprint density at radius 1 is 1.35 bits per heavy atom. The van der Waals surface area contributed by atoms with Gasteiger partial charge in [0.1, 0.15) is 11.5 Å². The molecule has 0 bridgehead atoms. The Bertz CT molecular complexity index is 744. The zero-order valence-corrected chi connectivity index (χ0v) is 14.9. The summed E-state index contributed by atoms with van der Waals surface area (Å²) in [6.45, 7) is 5.95. The van der Waals surface area contributed by atoms with Gasteiger partial charge in [0, 0.05) is 24.0 Å². The molecule has 0 saturated heterocycles. The molecule has 1 aliphatic rings. The quantitative estimate of drug-likeness (QED) is 0.612. The van der Waals surface area contributed by atoms with E-state index in [-0.39, 0.29) is 30.4 Å². The second kappa shape index (κ2) is 9.16. The van der Waals surface area contributed by atoms with Crippen molar-refractivity contribution in [2.75, 3.05) is 6.61 Å². The number of carbonyl (C=O) groups is 1. The van der Waals surface area contributed by atoms with Crippen LogP contribution in [0.1, 0.15) is 38.9 Å². The smallest absolute Gasteiger partial charge is 0.492 e. The van der Waals surface area contributed by atoms with Gasteiger partial charge in [-0.25, -0.2) is 4.98 Å². The van der Waals surface area contributed by atoms with Crippen molar-refractivity contribution in [2.45, 2.75) is 33.3 Å². The van der Waals surface area contributed by atoms with E-state index < -0.39 is 19.2 Å². The first kappa shape index (κ1) is 19.7. The van der Waals surface area contributed by atoms with Crippen LogP contribution in [-0.2, 0) is 14.2 Å². The maximum Gasteiger partial charge on any atom is 0.492 e. The molecule has 1 atom stereocenters. The molecule has 0 fully saturated rings. The van der Waals surface area contributed by atoms with Crippen LogP contribution in [0.5, 0.6) is 17.4 Å². The third-order valence-electron chi connectivity index (χ3n) is 3.46. The SMILES string of the molecule is CC.CCOC(=O)CC1OB(O)c2cc(Oc3cnccn3)cc(O)c21. The minimum Gasteiger partial charge on any atom is -0.507 e. The number of hydrogen-bond acceptors (Lipinski definition) is 8. The summed E-state index contributed by atoms with van der Waals surface area (Å²) in [5.74, 6) is -0.0985.